The Morgan fingerprint density at radius 2 is 2.16 bits per heavy atom. The summed E-state index contributed by atoms with van der Waals surface area (Å²) in [4.78, 5) is 30.1. The highest BCUT2D eigenvalue weighted by Gasteiger charge is 2.10. The number of nitrogens with one attached hydrogen (secondary N) is 2. The van der Waals surface area contributed by atoms with E-state index in [2.05, 4.69) is 34.3 Å². The van der Waals surface area contributed by atoms with Gasteiger partial charge in [0.25, 0.3) is 0 Å². The van der Waals surface area contributed by atoms with Gasteiger partial charge in [0.1, 0.15) is 0 Å². The van der Waals surface area contributed by atoms with E-state index in [1.54, 1.807) is 0 Å². The Morgan fingerprint density at radius 1 is 1.32 bits per heavy atom. The van der Waals surface area contributed by atoms with Gasteiger partial charge in [-0.15, -0.1) is 11.3 Å². The van der Waals surface area contributed by atoms with Gasteiger partial charge < -0.3 is 15.4 Å². The molecule has 0 saturated heterocycles. The smallest absolute Gasteiger partial charge is 0.355 e. The van der Waals surface area contributed by atoms with E-state index in [1.165, 1.54) is 22.3 Å². The van der Waals surface area contributed by atoms with Crippen LogP contribution in [0.4, 0.5) is 0 Å². The van der Waals surface area contributed by atoms with E-state index in [-0.39, 0.29) is 11.6 Å². The van der Waals surface area contributed by atoms with Crippen molar-refractivity contribution < 1.29 is 14.7 Å². The molecule has 0 aliphatic carbocycles. The number of aromatic nitrogens is 2. The third kappa shape index (κ3) is 4.06. The first-order valence-electron chi connectivity index (χ1n) is 8.04. The topological polar surface area (TPSA) is 95.1 Å². The van der Waals surface area contributed by atoms with Gasteiger partial charge in [-0.3, -0.25) is 4.79 Å². The van der Waals surface area contributed by atoms with Crippen LogP contribution in [0.25, 0.3) is 10.9 Å². The molecule has 25 heavy (non-hydrogen) atoms. The first kappa shape index (κ1) is 17.2. The monoisotopic (exact) mass is 357 g/mol. The molecule has 0 saturated carbocycles. The number of nitrogens with zero attached hydrogens (tertiary/aromatic N) is 1. The fourth-order valence-corrected chi connectivity index (χ4v) is 3.51. The lowest BCUT2D eigenvalue weighted by atomic mass is 10.1. The van der Waals surface area contributed by atoms with Gasteiger partial charge in [0.2, 0.25) is 5.91 Å². The fourth-order valence-electron chi connectivity index (χ4n) is 2.74. The van der Waals surface area contributed by atoms with E-state index >= 15 is 0 Å². The average molecular weight is 357 g/mol. The second-order valence-corrected chi connectivity index (χ2v) is 6.79. The molecule has 1 aromatic carbocycles. The van der Waals surface area contributed by atoms with E-state index in [0.717, 1.165) is 16.5 Å². The molecule has 0 unspecified atom stereocenters. The highest BCUT2D eigenvalue weighted by atomic mass is 32.1. The van der Waals surface area contributed by atoms with Gasteiger partial charge in [-0.05, 0) is 24.5 Å². The number of rotatable bonds is 7. The number of aromatic carboxylic acids is 1. The zero-order valence-electron chi connectivity index (χ0n) is 13.8. The Balaban J connectivity index is 1.47. The highest BCUT2D eigenvalue weighted by Crippen LogP contribution is 2.22. The second-order valence-electron chi connectivity index (χ2n) is 5.84. The summed E-state index contributed by atoms with van der Waals surface area (Å²) in [5, 5.41) is 15.1. The van der Waals surface area contributed by atoms with E-state index in [0.29, 0.717) is 30.8 Å². The Bertz CT molecular complexity index is 913. The van der Waals surface area contributed by atoms with Crippen LogP contribution in [-0.2, 0) is 17.6 Å². The van der Waals surface area contributed by atoms with Gasteiger partial charge in [0, 0.05) is 41.9 Å². The summed E-state index contributed by atoms with van der Waals surface area (Å²) in [7, 11) is 0. The van der Waals surface area contributed by atoms with Crippen LogP contribution < -0.4 is 5.32 Å². The third-order valence-corrected chi connectivity index (χ3v) is 4.97. The summed E-state index contributed by atoms with van der Waals surface area (Å²) in [5.74, 6) is -1.04. The van der Waals surface area contributed by atoms with Crippen molar-refractivity contribution in [1.82, 2.24) is 15.3 Å². The molecular weight excluding hydrogens is 338 g/mol. The molecule has 1 amide bonds. The van der Waals surface area contributed by atoms with Crippen molar-refractivity contribution in [2.45, 2.75) is 26.2 Å². The maximum absolute atomic E-state index is 12.0. The zero-order valence-corrected chi connectivity index (χ0v) is 14.7. The minimum atomic E-state index is -1.03. The van der Waals surface area contributed by atoms with Crippen LogP contribution in [0.15, 0.2) is 29.8 Å². The minimum absolute atomic E-state index is 0.0167. The van der Waals surface area contributed by atoms with Gasteiger partial charge in [-0.1, -0.05) is 18.2 Å². The zero-order chi connectivity index (χ0) is 17.8. The number of hydrogen-bond acceptors (Lipinski definition) is 4. The van der Waals surface area contributed by atoms with Crippen LogP contribution in [-0.4, -0.2) is 33.5 Å². The van der Waals surface area contributed by atoms with Crippen molar-refractivity contribution in [2.75, 3.05) is 6.54 Å². The number of carbonyl (C=O) groups is 2. The molecule has 0 atom stereocenters. The molecule has 7 heteroatoms. The van der Waals surface area contributed by atoms with Gasteiger partial charge in [-0.2, -0.15) is 0 Å². The second kappa shape index (κ2) is 7.48. The number of aryl methyl sites for hydroxylation is 2. The van der Waals surface area contributed by atoms with Crippen LogP contribution in [0.5, 0.6) is 0 Å². The first-order chi connectivity index (χ1) is 12.0. The van der Waals surface area contributed by atoms with Crippen molar-refractivity contribution in [1.29, 1.82) is 0 Å². The quantitative estimate of drug-likeness (QED) is 0.606. The van der Waals surface area contributed by atoms with E-state index in [1.807, 2.05) is 12.3 Å². The predicted molar refractivity (Wildman–Crippen MR) is 97.1 cm³/mol. The predicted octanol–water partition coefficient (Wildman–Crippen LogP) is 2.92. The molecule has 0 spiro atoms. The molecule has 3 aromatic rings. The molecule has 0 radical (unpaired) electrons. The number of hydrogen-bond donors (Lipinski definition) is 3. The van der Waals surface area contributed by atoms with Gasteiger partial charge in [-0.25, -0.2) is 9.78 Å². The molecule has 2 heterocycles. The number of carboxylic acids is 1. The number of fused-ring (bicyclic) bond motifs is 1. The lowest BCUT2D eigenvalue weighted by Crippen LogP contribution is -2.25. The van der Waals surface area contributed by atoms with E-state index in [4.69, 9.17) is 5.11 Å². The normalized spacial score (nSPS) is 10.9. The number of benzene rings is 1. The largest absolute Gasteiger partial charge is 0.476 e. The summed E-state index contributed by atoms with van der Waals surface area (Å²) in [5.41, 5.74) is 3.51. The maximum atomic E-state index is 12.0. The molecule has 130 valence electrons. The van der Waals surface area contributed by atoms with Crippen molar-refractivity contribution in [3.8, 4) is 0 Å². The number of carbonyl (C=O) groups excluding carboxylic acids is 1. The molecule has 3 rings (SSSR count). The number of amides is 1. The standard InChI is InChI=1S/C18H19N3O3S/c1-11-3-2-4-13-12(9-20-17(11)13)5-6-15(22)19-8-7-16-21-14(10-25-16)18(23)24/h2-4,9-10,20H,5-8H2,1H3,(H,19,22)(H,23,24). The lowest BCUT2D eigenvalue weighted by Gasteiger charge is -2.04. The Morgan fingerprint density at radius 3 is 2.92 bits per heavy atom. The van der Waals surface area contributed by atoms with Crippen molar-refractivity contribution in [2.24, 2.45) is 0 Å². The Hall–Kier alpha value is -2.67. The molecule has 0 aliphatic rings. The summed E-state index contributed by atoms with van der Waals surface area (Å²) in [6, 6.07) is 6.15. The number of H-pyrrole nitrogens is 1. The number of carboxylic acid groups (broad SMARTS) is 1. The van der Waals surface area contributed by atoms with Crippen LogP contribution in [0.2, 0.25) is 0 Å². The summed E-state index contributed by atoms with van der Waals surface area (Å²) in [6.07, 6.45) is 3.60. The summed E-state index contributed by atoms with van der Waals surface area (Å²) in [6.45, 7) is 2.52. The fraction of sp³-hybridized carbons (Fsp3) is 0.278. The molecule has 2 aromatic heterocycles. The van der Waals surface area contributed by atoms with Crippen molar-refractivity contribution in [3.05, 3.63) is 51.6 Å². The summed E-state index contributed by atoms with van der Waals surface area (Å²) >= 11 is 1.30. The van der Waals surface area contributed by atoms with E-state index < -0.39 is 5.97 Å². The summed E-state index contributed by atoms with van der Waals surface area (Å²) < 4.78 is 0. The van der Waals surface area contributed by atoms with Gasteiger partial charge in [0.15, 0.2) is 5.69 Å². The first-order valence-corrected chi connectivity index (χ1v) is 8.92. The van der Waals surface area contributed by atoms with Crippen LogP contribution >= 0.6 is 11.3 Å². The molecule has 0 bridgehead atoms. The SMILES string of the molecule is Cc1cccc2c(CCC(=O)NCCc3nc(C(=O)O)cs3)c[nH]c12. The Kier molecular flexibility index (Phi) is 5.14. The molecular formula is C18H19N3O3S. The van der Waals surface area contributed by atoms with Gasteiger partial charge in [0.05, 0.1) is 5.01 Å². The Labute approximate surface area is 148 Å². The number of para-hydroxylation sites is 1. The van der Waals surface area contributed by atoms with Crippen molar-refractivity contribution >= 4 is 34.1 Å². The van der Waals surface area contributed by atoms with E-state index in [9.17, 15) is 9.59 Å². The number of aromatic amines is 1. The molecule has 0 aliphatic heterocycles. The third-order valence-electron chi connectivity index (χ3n) is 4.06. The molecule has 0 fully saturated rings. The molecule has 6 nitrogen and oxygen atoms in total. The minimum Gasteiger partial charge on any atom is -0.476 e. The number of thiazole rings is 1. The van der Waals surface area contributed by atoms with Crippen LogP contribution in [0.3, 0.4) is 0 Å². The van der Waals surface area contributed by atoms with Gasteiger partial charge >= 0.3 is 5.97 Å². The lowest BCUT2D eigenvalue weighted by molar-refractivity contribution is -0.121. The molecule has 3 N–H and O–H groups in total. The van der Waals surface area contributed by atoms with Crippen LogP contribution in [0.1, 0.15) is 33.0 Å². The van der Waals surface area contributed by atoms with Crippen LogP contribution in [0, 0.1) is 6.92 Å². The maximum Gasteiger partial charge on any atom is 0.355 e. The highest BCUT2D eigenvalue weighted by molar-refractivity contribution is 7.09. The average Bonchev–Trinajstić information content (AvgIpc) is 3.21. The van der Waals surface area contributed by atoms with Crippen molar-refractivity contribution in [3.63, 3.8) is 0 Å².